The monoisotopic (exact) mass is 292 g/mol. The summed E-state index contributed by atoms with van der Waals surface area (Å²) in [6.45, 7) is 5.73. The Bertz CT molecular complexity index is 197. The summed E-state index contributed by atoms with van der Waals surface area (Å²) in [5, 5.41) is 0. The summed E-state index contributed by atoms with van der Waals surface area (Å²) in [6.07, 6.45) is 6.78. The maximum Gasteiger partial charge on any atom is 0.168 e. The number of hydrogen-bond acceptors (Lipinski definition) is 1. The maximum absolute atomic E-state index is 2.52. The molecule has 67 valence electrons. The van der Waals surface area contributed by atoms with E-state index < -0.39 is 0 Å². The summed E-state index contributed by atoms with van der Waals surface area (Å²) < 4.78 is 3.89. The molecule has 0 fully saturated rings. The molecule has 1 nitrogen and oxygen atoms in total. The van der Waals surface area contributed by atoms with E-state index in [1.54, 1.807) is 0 Å². The van der Waals surface area contributed by atoms with Gasteiger partial charge in [-0.2, -0.15) is 0 Å². The van der Waals surface area contributed by atoms with Crippen LogP contribution in [0.15, 0.2) is 21.9 Å². The lowest BCUT2D eigenvalue weighted by Gasteiger charge is -2.28. The molecule has 1 aliphatic rings. The van der Waals surface area contributed by atoms with Gasteiger partial charge in [-0.05, 0) is 47.0 Å². The molecule has 3 heteroatoms. The van der Waals surface area contributed by atoms with Crippen molar-refractivity contribution in [3.8, 4) is 0 Å². The molecule has 0 saturated heterocycles. The van der Waals surface area contributed by atoms with E-state index in [1.165, 1.54) is 15.7 Å². The fourth-order valence-corrected chi connectivity index (χ4v) is 3.67. The van der Waals surface area contributed by atoms with Crippen LogP contribution in [0.2, 0.25) is 12.1 Å². The van der Waals surface area contributed by atoms with Crippen LogP contribution in [0.1, 0.15) is 13.8 Å². The van der Waals surface area contributed by atoms with E-state index in [1.807, 2.05) is 0 Å². The lowest BCUT2D eigenvalue weighted by atomic mass is 10.4. The summed E-state index contributed by atoms with van der Waals surface area (Å²) in [6, 6.07) is 2.69. The molecular formula is C9H15INSi. The molecule has 0 saturated carbocycles. The molecule has 0 amide bonds. The van der Waals surface area contributed by atoms with Crippen molar-refractivity contribution in [2.45, 2.75) is 25.9 Å². The highest BCUT2D eigenvalue weighted by molar-refractivity contribution is 14.1. The van der Waals surface area contributed by atoms with Gasteiger partial charge in [0.15, 0.2) is 8.96 Å². The minimum absolute atomic E-state index is 0.248. The Morgan fingerprint density at radius 2 is 2.17 bits per heavy atom. The van der Waals surface area contributed by atoms with Crippen LogP contribution in [0.5, 0.6) is 0 Å². The molecule has 1 heterocycles. The minimum Gasteiger partial charge on any atom is -0.400 e. The molecule has 0 bridgehead atoms. The summed E-state index contributed by atoms with van der Waals surface area (Å²) in [7, 11) is -0.248. The average Bonchev–Trinajstić information content (AvgIpc) is 2.10. The Hall–Kier alpha value is 0.227. The number of rotatable bonds is 3. The number of hydrogen-bond donors (Lipinski definition) is 0. The van der Waals surface area contributed by atoms with Crippen molar-refractivity contribution in [2.24, 2.45) is 0 Å². The van der Waals surface area contributed by atoms with Crippen molar-refractivity contribution in [3.05, 3.63) is 21.9 Å². The van der Waals surface area contributed by atoms with Gasteiger partial charge in [0.25, 0.3) is 0 Å². The van der Waals surface area contributed by atoms with Gasteiger partial charge in [0.05, 0.1) is 0 Å². The predicted octanol–water partition coefficient (Wildman–Crippen LogP) is 3.17. The second-order valence-corrected chi connectivity index (χ2v) is 7.20. The van der Waals surface area contributed by atoms with E-state index in [0.717, 1.165) is 6.54 Å². The molecule has 1 radical (unpaired) electrons. The number of halogens is 1. The van der Waals surface area contributed by atoms with Crippen LogP contribution in [0, 0.1) is 0 Å². The first-order chi connectivity index (χ1) is 5.77. The van der Waals surface area contributed by atoms with Gasteiger partial charge in [0, 0.05) is 10.1 Å². The average molecular weight is 292 g/mol. The topological polar surface area (TPSA) is 3.24 Å². The first-order valence-corrected chi connectivity index (χ1v) is 7.37. The molecule has 0 N–H and O–H groups in total. The highest BCUT2D eigenvalue weighted by Crippen LogP contribution is 2.16. The SMILES string of the molecule is CC[Si](CC)N1C=CC(I)=CC1. The van der Waals surface area contributed by atoms with Crippen LogP contribution in [-0.4, -0.2) is 20.1 Å². The molecule has 1 rings (SSSR count). The van der Waals surface area contributed by atoms with E-state index in [4.69, 9.17) is 0 Å². The van der Waals surface area contributed by atoms with Crippen molar-refractivity contribution < 1.29 is 0 Å². The zero-order chi connectivity index (χ0) is 8.97. The third-order valence-electron chi connectivity index (χ3n) is 2.12. The molecule has 0 aromatic carbocycles. The summed E-state index contributed by atoms with van der Waals surface area (Å²) in [4.78, 5) is 0. The van der Waals surface area contributed by atoms with E-state index in [9.17, 15) is 0 Å². The molecule has 0 spiro atoms. The first-order valence-electron chi connectivity index (χ1n) is 4.43. The third-order valence-corrected chi connectivity index (χ3v) is 5.70. The molecule has 1 aliphatic heterocycles. The quantitative estimate of drug-likeness (QED) is 0.570. The molecule has 0 atom stereocenters. The maximum atomic E-state index is 2.52. The van der Waals surface area contributed by atoms with Crippen LogP contribution in [0.4, 0.5) is 0 Å². The van der Waals surface area contributed by atoms with Crippen LogP contribution in [0.3, 0.4) is 0 Å². The van der Waals surface area contributed by atoms with Crippen molar-refractivity contribution in [2.75, 3.05) is 6.54 Å². The Balaban J connectivity index is 2.51. The minimum atomic E-state index is -0.248. The van der Waals surface area contributed by atoms with Crippen molar-refractivity contribution >= 4 is 31.5 Å². The highest BCUT2D eigenvalue weighted by atomic mass is 127. The standard InChI is InChI=1S/C9H15INSi/c1-3-12(4-2)11-7-5-9(10)6-8-11/h5-7H,3-4,8H2,1-2H3. The van der Waals surface area contributed by atoms with Gasteiger partial charge in [-0.1, -0.05) is 19.9 Å². The van der Waals surface area contributed by atoms with Gasteiger partial charge in [-0.3, -0.25) is 0 Å². The fourth-order valence-electron chi connectivity index (χ4n) is 1.37. The smallest absolute Gasteiger partial charge is 0.168 e. The molecule has 0 unspecified atom stereocenters. The Labute approximate surface area is 90.4 Å². The Morgan fingerprint density at radius 3 is 2.58 bits per heavy atom. The second-order valence-electron chi connectivity index (χ2n) is 2.83. The van der Waals surface area contributed by atoms with Gasteiger partial charge in [0.2, 0.25) is 0 Å². The normalized spacial score (nSPS) is 17.0. The molecule has 0 aliphatic carbocycles. The zero-order valence-corrected chi connectivity index (χ0v) is 10.8. The first kappa shape index (κ1) is 10.3. The van der Waals surface area contributed by atoms with E-state index >= 15 is 0 Å². The van der Waals surface area contributed by atoms with Gasteiger partial charge >= 0.3 is 0 Å². The van der Waals surface area contributed by atoms with Crippen LogP contribution >= 0.6 is 22.6 Å². The molecule has 12 heavy (non-hydrogen) atoms. The van der Waals surface area contributed by atoms with Crippen molar-refractivity contribution in [3.63, 3.8) is 0 Å². The van der Waals surface area contributed by atoms with E-state index in [0.29, 0.717) is 0 Å². The second kappa shape index (κ2) is 5.06. The Morgan fingerprint density at radius 1 is 1.50 bits per heavy atom. The number of nitrogens with zero attached hydrogens (tertiary/aromatic N) is 1. The largest absolute Gasteiger partial charge is 0.400 e. The van der Waals surface area contributed by atoms with Gasteiger partial charge in [0.1, 0.15) is 0 Å². The summed E-state index contributed by atoms with van der Waals surface area (Å²) in [5.74, 6) is 0. The lowest BCUT2D eigenvalue weighted by molar-refractivity contribution is 0.626. The summed E-state index contributed by atoms with van der Waals surface area (Å²) in [5.41, 5.74) is 0. The van der Waals surface area contributed by atoms with E-state index in [-0.39, 0.29) is 8.96 Å². The van der Waals surface area contributed by atoms with Gasteiger partial charge < -0.3 is 4.57 Å². The lowest BCUT2D eigenvalue weighted by Crippen LogP contribution is -2.34. The Kier molecular flexibility index (Phi) is 4.35. The van der Waals surface area contributed by atoms with Crippen LogP contribution in [-0.2, 0) is 0 Å². The van der Waals surface area contributed by atoms with Gasteiger partial charge in [-0.25, -0.2) is 0 Å². The highest BCUT2D eigenvalue weighted by Gasteiger charge is 2.14. The molecular weight excluding hydrogens is 277 g/mol. The molecule has 0 aromatic heterocycles. The van der Waals surface area contributed by atoms with Crippen LogP contribution in [0.25, 0.3) is 0 Å². The summed E-state index contributed by atoms with van der Waals surface area (Å²) >= 11 is 2.37. The third kappa shape index (κ3) is 2.62. The molecule has 0 aromatic rings. The van der Waals surface area contributed by atoms with Crippen molar-refractivity contribution in [1.82, 2.24) is 4.57 Å². The zero-order valence-electron chi connectivity index (χ0n) is 7.68. The van der Waals surface area contributed by atoms with Crippen LogP contribution < -0.4 is 0 Å². The van der Waals surface area contributed by atoms with Crippen molar-refractivity contribution in [1.29, 1.82) is 0 Å². The van der Waals surface area contributed by atoms with E-state index in [2.05, 4.69) is 59.4 Å². The number of allylic oxidation sites excluding steroid dienone is 2. The van der Waals surface area contributed by atoms with Gasteiger partial charge in [-0.15, -0.1) is 0 Å². The predicted molar refractivity (Wildman–Crippen MR) is 64.7 cm³/mol. The fraction of sp³-hybridized carbons (Fsp3) is 0.556.